The van der Waals surface area contributed by atoms with Crippen molar-refractivity contribution in [1.82, 2.24) is 4.98 Å². The fourth-order valence-corrected chi connectivity index (χ4v) is 2.77. The molecule has 0 bridgehead atoms. The summed E-state index contributed by atoms with van der Waals surface area (Å²) in [5.74, 6) is -0.591. The first kappa shape index (κ1) is 13.2. The molecule has 2 aromatic rings. The van der Waals surface area contributed by atoms with Crippen LogP contribution in [0.2, 0.25) is 5.02 Å². The molecule has 0 N–H and O–H groups in total. The van der Waals surface area contributed by atoms with E-state index >= 15 is 0 Å². The molecule has 0 aliphatic carbocycles. The second-order valence-corrected chi connectivity index (χ2v) is 5.67. The number of hydrogen-bond donors (Lipinski definition) is 0. The molecule has 0 amide bonds. The van der Waals surface area contributed by atoms with Gasteiger partial charge in [0.15, 0.2) is 5.78 Å². The second-order valence-electron chi connectivity index (χ2n) is 3.97. The maximum Gasteiger partial charge on any atom is 0.171 e. The van der Waals surface area contributed by atoms with E-state index in [1.807, 2.05) is 13.8 Å². The van der Waals surface area contributed by atoms with Gasteiger partial charge in [0, 0.05) is 10.4 Å². The smallest absolute Gasteiger partial charge is 0.171 e. The number of hydrogen-bond acceptors (Lipinski definition) is 3. The molecule has 0 aliphatic heterocycles. The molecule has 2 nitrogen and oxygen atoms in total. The van der Waals surface area contributed by atoms with Crippen LogP contribution in [0.4, 0.5) is 4.39 Å². The molecule has 5 heteroatoms. The zero-order chi connectivity index (χ0) is 13.3. The number of rotatable bonds is 3. The second kappa shape index (κ2) is 5.16. The summed E-state index contributed by atoms with van der Waals surface area (Å²) in [4.78, 5) is 17.4. The van der Waals surface area contributed by atoms with Crippen LogP contribution in [0, 0.1) is 19.7 Å². The van der Waals surface area contributed by atoms with Gasteiger partial charge in [0.05, 0.1) is 17.1 Å². The van der Waals surface area contributed by atoms with Gasteiger partial charge in [-0.1, -0.05) is 11.6 Å². The van der Waals surface area contributed by atoms with Crippen molar-refractivity contribution in [2.75, 3.05) is 0 Å². The SMILES string of the molecule is Cc1nc(CC(=O)c2ccc(F)cc2Cl)sc1C. The lowest BCUT2D eigenvalue weighted by Crippen LogP contribution is -2.04. The Bertz CT molecular complexity index is 590. The summed E-state index contributed by atoms with van der Waals surface area (Å²) in [6, 6.07) is 3.79. The zero-order valence-electron chi connectivity index (χ0n) is 9.96. The summed E-state index contributed by atoms with van der Waals surface area (Å²) in [5.41, 5.74) is 1.27. The van der Waals surface area contributed by atoms with Crippen molar-refractivity contribution in [2.45, 2.75) is 20.3 Å². The van der Waals surface area contributed by atoms with Crippen molar-refractivity contribution < 1.29 is 9.18 Å². The third-order valence-electron chi connectivity index (χ3n) is 2.62. The van der Waals surface area contributed by atoms with Crippen molar-refractivity contribution in [3.05, 3.63) is 50.2 Å². The summed E-state index contributed by atoms with van der Waals surface area (Å²) < 4.78 is 12.9. The molecule has 0 radical (unpaired) electrons. The van der Waals surface area contributed by atoms with E-state index in [2.05, 4.69) is 4.98 Å². The molecule has 1 aromatic carbocycles. The van der Waals surface area contributed by atoms with Crippen molar-refractivity contribution in [3.63, 3.8) is 0 Å². The van der Waals surface area contributed by atoms with Crippen LogP contribution in [0.15, 0.2) is 18.2 Å². The Morgan fingerprint density at radius 3 is 2.72 bits per heavy atom. The van der Waals surface area contributed by atoms with Crippen LogP contribution < -0.4 is 0 Å². The summed E-state index contributed by atoms with van der Waals surface area (Å²) in [5, 5.41) is 0.903. The molecule has 0 fully saturated rings. The van der Waals surface area contributed by atoms with Gasteiger partial charge in [-0.05, 0) is 32.0 Å². The third kappa shape index (κ3) is 2.76. The lowest BCUT2D eigenvalue weighted by molar-refractivity contribution is 0.0993. The highest BCUT2D eigenvalue weighted by molar-refractivity contribution is 7.11. The van der Waals surface area contributed by atoms with E-state index in [0.717, 1.165) is 21.6 Å². The third-order valence-corrected chi connectivity index (χ3v) is 4.00. The predicted octanol–water partition coefficient (Wildman–Crippen LogP) is 3.98. The van der Waals surface area contributed by atoms with Crippen LogP contribution in [0.1, 0.15) is 25.9 Å². The zero-order valence-corrected chi connectivity index (χ0v) is 11.5. The van der Waals surface area contributed by atoms with E-state index in [-0.39, 0.29) is 17.2 Å². The van der Waals surface area contributed by atoms with Gasteiger partial charge in [0.1, 0.15) is 10.8 Å². The molecule has 0 spiro atoms. The van der Waals surface area contributed by atoms with Gasteiger partial charge in [0.25, 0.3) is 0 Å². The number of ketones is 1. The number of Topliss-reactive ketones (excluding diaryl/α,β-unsaturated/α-hetero) is 1. The number of aryl methyl sites for hydroxylation is 2. The van der Waals surface area contributed by atoms with Crippen LogP contribution in [-0.4, -0.2) is 10.8 Å². The molecule has 0 saturated carbocycles. The summed E-state index contributed by atoms with van der Waals surface area (Å²) >= 11 is 7.35. The number of nitrogens with zero attached hydrogens (tertiary/aromatic N) is 1. The standard InChI is InChI=1S/C13H11ClFNOS/c1-7-8(2)18-13(16-7)6-12(17)10-4-3-9(15)5-11(10)14/h3-5H,6H2,1-2H3. The Morgan fingerprint density at radius 1 is 1.44 bits per heavy atom. The Hall–Kier alpha value is -1.26. The van der Waals surface area contributed by atoms with E-state index < -0.39 is 5.82 Å². The Labute approximate surface area is 113 Å². The minimum Gasteiger partial charge on any atom is -0.294 e. The molecule has 0 saturated heterocycles. The topological polar surface area (TPSA) is 30.0 Å². The molecule has 0 unspecified atom stereocenters. The first-order chi connectivity index (χ1) is 8.47. The van der Waals surface area contributed by atoms with E-state index in [0.29, 0.717) is 5.56 Å². The number of aromatic nitrogens is 1. The maximum absolute atomic E-state index is 12.9. The predicted molar refractivity (Wildman–Crippen MR) is 71.0 cm³/mol. The molecule has 18 heavy (non-hydrogen) atoms. The Balaban J connectivity index is 2.22. The highest BCUT2D eigenvalue weighted by Gasteiger charge is 2.14. The summed E-state index contributed by atoms with van der Waals surface area (Å²) in [7, 11) is 0. The van der Waals surface area contributed by atoms with Crippen molar-refractivity contribution in [3.8, 4) is 0 Å². The van der Waals surface area contributed by atoms with Gasteiger partial charge in [-0.2, -0.15) is 0 Å². The largest absolute Gasteiger partial charge is 0.294 e. The Kier molecular flexibility index (Phi) is 3.78. The normalized spacial score (nSPS) is 10.7. The molecular weight excluding hydrogens is 273 g/mol. The Morgan fingerprint density at radius 2 is 2.17 bits per heavy atom. The van der Waals surface area contributed by atoms with Crippen LogP contribution in [0.5, 0.6) is 0 Å². The molecule has 0 atom stereocenters. The van der Waals surface area contributed by atoms with Crippen molar-refractivity contribution in [1.29, 1.82) is 0 Å². The number of thiazole rings is 1. The fraction of sp³-hybridized carbons (Fsp3) is 0.231. The summed E-state index contributed by atoms with van der Waals surface area (Å²) in [6.45, 7) is 3.87. The van der Waals surface area contributed by atoms with E-state index in [1.165, 1.54) is 23.5 Å². The first-order valence-corrected chi connectivity index (χ1v) is 6.58. The van der Waals surface area contributed by atoms with Crippen LogP contribution >= 0.6 is 22.9 Å². The van der Waals surface area contributed by atoms with Gasteiger partial charge in [-0.15, -0.1) is 11.3 Å². The molecule has 1 heterocycles. The lowest BCUT2D eigenvalue weighted by Gasteiger charge is -2.01. The average molecular weight is 284 g/mol. The minimum absolute atomic E-state index is 0.144. The van der Waals surface area contributed by atoms with Crippen LogP contribution in [0.3, 0.4) is 0 Å². The van der Waals surface area contributed by atoms with Gasteiger partial charge in [-0.25, -0.2) is 9.37 Å². The molecule has 2 rings (SSSR count). The van der Waals surface area contributed by atoms with Crippen LogP contribution in [0.25, 0.3) is 0 Å². The number of benzene rings is 1. The monoisotopic (exact) mass is 283 g/mol. The molecule has 94 valence electrons. The van der Waals surface area contributed by atoms with Crippen molar-refractivity contribution >= 4 is 28.7 Å². The minimum atomic E-state index is -0.447. The molecule has 1 aromatic heterocycles. The van der Waals surface area contributed by atoms with E-state index in [1.54, 1.807) is 0 Å². The van der Waals surface area contributed by atoms with E-state index in [9.17, 15) is 9.18 Å². The van der Waals surface area contributed by atoms with Gasteiger partial charge >= 0.3 is 0 Å². The number of carbonyl (C=O) groups is 1. The van der Waals surface area contributed by atoms with Gasteiger partial charge in [-0.3, -0.25) is 4.79 Å². The van der Waals surface area contributed by atoms with Gasteiger partial charge < -0.3 is 0 Å². The van der Waals surface area contributed by atoms with E-state index in [4.69, 9.17) is 11.6 Å². The molecule has 0 aliphatic rings. The lowest BCUT2D eigenvalue weighted by atomic mass is 10.1. The summed E-state index contributed by atoms with van der Waals surface area (Å²) in [6.07, 6.45) is 0.199. The number of halogens is 2. The quantitative estimate of drug-likeness (QED) is 0.798. The molecular formula is C13H11ClFNOS. The maximum atomic E-state index is 12.9. The first-order valence-electron chi connectivity index (χ1n) is 5.38. The fourth-order valence-electron chi connectivity index (χ4n) is 1.56. The van der Waals surface area contributed by atoms with Gasteiger partial charge in [0.2, 0.25) is 0 Å². The average Bonchev–Trinajstić information content (AvgIpc) is 2.57. The highest BCUT2D eigenvalue weighted by Crippen LogP contribution is 2.22. The highest BCUT2D eigenvalue weighted by atomic mass is 35.5. The van der Waals surface area contributed by atoms with Crippen molar-refractivity contribution in [2.24, 2.45) is 0 Å². The van der Waals surface area contributed by atoms with Crippen LogP contribution in [-0.2, 0) is 6.42 Å². The number of carbonyl (C=O) groups excluding carboxylic acids is 1.